The fourth-order valence-electron chi connectivity index (χ4n) is 6.48. The van der Waals surface area contributed by atoms with Gasteiger partial charge >= 0.3 is 6.09 Å². The van der Waals surface area contributed by atoms with E-state index in [1.54, 1.807) is 27.7 Å². The molecule has 13 heteroatoms. The quantitative estimate of drug-likeness (QED) is 0.373. The summed E-state index contributed by atoms with van der Waals surface area (Å²) < 4.78 is 24.4. The number of benzene rings is 1. The molecule has 2 amide bonds. The summed E-state index contributed by atoms with van der Waals surface area (Å²) >= 11 is 0. The number of fused-ring (bicyclic) bond motifs is 3. The lowest BCUT2D eigenvalue weighted by Crippen LogP contribution is -2.46. The highest BCUT2D eigenvalue weighted by molar-refractivity contribution is 5.95. The molecule has 0 radical (unpaired) electrons. The van der Waals surface area contributed by atoms with Crippen LogP contribution in [0.25, 0.3) is 10.9 Å². The van der Waals surface area contributed by atoms with Crippen molar-refractivity contribution in [3.8, 4) is 11.5 Å². The Morgan fingerprint density at radius 2 is 1.89 bits per heavy atom. The van der Waals surface area contributed by atoms with Gasteiger partial charge in [0.05, 0.1) is 24.8 Å². The lowest BCUT2D eigenvalue weighted by Gasteiger charge is -2.33. The Morgan fingerprint density at radius 3 is 2.77 bits per heavy atom. The summed E-state index contributed by atoms with van der Waals surface area (Å²) in [5, 5.41) is 7.25. The predicted octanol–water partition coefficient (Wildman–Crippen LogP) is 1.97. The van der Waals surface area contributed by atoms with Crippen LogP contribution in [0.15, 0.2) is 47.3 Å². The molecule has 0 spiro atoms. The zero-order valence-corrected chi connectivity index (χ0v) is 24.4. The Kier molecular flexibility index (Phi) is 8.07. The minimum Gasteiger partial charge on any atom is -0.492 e. The minimum atomic E-state index is -0.443. The molecule has 5 heterocycles. The Labute approximate surface area is 254 Å². The first kappa shape index (κ1) is 28.6. The molecule has 1 aromatic carbocycles. The third-order valence-electron chi connectivity index (χ3n) is 8.76. The number of hydrogen-bond donors (Lipinski definition) is 2. The number of carbonyl (C=O) groups excluding carboxylic acids is 2. The van der Waals surface area contributed by atoms with E-state index in [0.717, 1.165) is 62.3 Å². The third kappa shape index (κ3) is 5.94. The number of pyridine rings is 2. The molecule has 3 atom stereocenters. The van der Waals surface area contributed by atoms with Gasteiger partial charge in [-0.3, -0.25) is 19.4 Å². The number of hydrogen-bond acceptors (Lipinski definition) is 10. The van der Waals surface area contributed by atoms with E-state index in [0.29, 0.717) is 43.5 Å². The number of ether oxygens (including phenoxy) is 4. The summed E-state index contributed by atoms with van der Waals surface area (Å²) in [5.41, 5.74) is 0.777. The molecule has 3 fully saturated rings. The Morgan fingerprint density at radius 1 is 1.02 bits per heavy atom. The lowest BCUT2D eigenvalue weighted by molar-refractivity contribution is -0.118. The van der Waals surface area contributed by atoms with Crippen molar-refractivity contribution in [1.82, 2.24) is 19.8 Å². The van der Waals surface area contributed by atoms with Crippen molar-refractivity contribution in [2.75, 3.05) is 62.8 Å². The van der Waals surface area contributed by atoms with Crippen molar-refractivity contribution in [1.29, 1.82) is 0 Å². The van der Waals surface area contributed by atoms with Crippen molar-refractivity contribution in [3.63, 3.8) is 0 Å². The van der Waals surface area contributed by atoms with Crippen LogP contribution < -0.4 is 30.6 Å². The fraction of sp³-hybridized carbons (Fsp3) is 0.484. The smallest absolute Gasteiger partial charge is 0.416 e. The first-order valence-corrected chi connectivity index (χ1v) is 15.3. The topological polar surface area (TPSA) is 136 Å². The van der Waals surface area contributed by atoms with Gasteiger partial charge in [0, 0.05) is 57.3 Å². The van der Waals surface area contributed by atoms with Gasteiger partial charge < -0.3 is 34.1 Å². The fourth-order valence-corrected chi connectivity index (χ4v) is 6.48. The third-order valence-corrected chi connectivity index (χ3v) is 8.76. The van der Waals surface area contributed by atoms with Crippen LogP contribution in [-0.4, -0.2) is 97.2 Å². The molecular formula is C31H36N6O7. The van der Waals surface area contributed by atoms with Crippen molar-refractivity contribution >= 4 is 34.5 Å². The van der Waals surface area contributed by atoms with E-state index in [1.165, 1.54) is 0 Å². The zero-order chi connectivity index (χ0) is 30.0. The van der Waals surface area contributed by atoms with Crippen LogP contribution in [0.3, 0.4) is 0 Å². The SMILES string of the molecule is O=C1COc2ccc(N3C(=O)O[C@H]4C[C@@H](NCCn5c(=O)ccc6ccc(OCCN7CCOCC7)cc65)CC[C@@H]43)nc2N1. The van der Waals surface area contributed by atoms with Gasteiger partial charge in [-0.25, -0.2) is 9.78 Å². The number of carbonyl (C=O) groups is 2. The van der Waals surface area contributed by atoms with Crippen LogP contribution in [0.4, 0.5) is 16.4 Å². The second-order valence-electron chi connectivity index (χ2n) is 11.5. The molecule has 0 bridgehead atoms. The van der Waals surface area contributed by atoms with Crippen LogP contribution in [0.5, 0.6) is 11.5 Å². The highest BCUT2D eigenvalue weighted by atomic mass is 16.6. The number of amides is 2. The van der Waals surface area contributed by atoms with E-state index in [2.05, 4.69) is 20.5 Å². The van der Waals surface area contributed by atoms with Gasteiger partial charge in [0.2, 0.25) is 0 Å². The summed E-state index contributed by atoms with van der Waals surface area (Å²) in [5.74, 6) is 1.67. The second-order valence-corrected chi connectivity index (χ2v) is 11.5. The number of rotatable bonds is 9. The van der Waals surface area contributed by atoms with Crippen molar-refractivity contribution < 1.29 is 28.5 Å². The summed E-state index contributed by atoms with van der Waals surface area (Å²) in [7, 11) is 0. The summed E-state index contributed by atoms with van der Waals surface area (Å²) in [4.78, 5) is 45.9. The molecule has 4 aliphatic rings. The van der Waals surface area contributed by atoms with Gasteiger partial charge in [0.15, 0.2) is 18.2 Å². The number of aromatic nitrogens is 2. The molecule has 7 rings (SSSR count). The molecule has 0 unspecified atom stereocenters. The monoisotopic (exact) mass is 604 g/mol. The molecule has 3 aliphatic heterocycles. The largest absolute Gasteiger partial charge is 0.492 e. The van der Waals surface area contributed by atoms with E-state index in [9.17, 15) is 14.4 Å². The van der Waals surface area contributed by atoms with Crippen LogP contribution in [0, 0.1) is 0 Å². The molecule has 44 heavy (non-hydrogen) atoms. The average molecular weight is 605 g/mol. The lowest BCUT2D eigenvalue weighted by atomic mass is 9.88. The van der Waals surface area contributed by atoms with Gasteiger partial charge in [0.1, 0.15) is 24.3 Å². The number of anilines is 2. The minimum absolute atomic E-state index is 0.0564. The molecule has 2 saturated heterocycles. The van der Waals surface area contributed by atoms with E-state index in [1.807, 2.05) is 24.3 Å². The van der Waals surface area contributed by atoms with Crippen molar-refractivity contribution in [2.45, 2.75) is 44.0 Å². The van der Waals surface area contributed by atoms with E-state index < -0.39 is 6.09 Å². The second kappa shape index (κ2) is 12.4. The highest BCUT2D eigenvalue weighted by Crippen LogP contribution is 2.37. The average Bonchev–Trinajstić information content (AvgIpc) is 3.37. The standard InChI is InChI=1S/C31H36N6O7/c38-28-19-43-25-6-7-27(33-30(25)34-28)37-23-5-3-21(17-26(23)44-31(37)40)32-9-10-36-24-18-22(4-1-20(24)2-8-29(36)39)42-16-13-35-11-14-41-15-12-35/h1-2,4,6-8,18,21,23,26,32H,3,5,9-17,19H2,(H,33,34,38)/t21-,23-,26-/m0/s1. The van der Waals surface area contributed by atoms with Gasteiger partial charge in [-0.05, 0) is 48.6 Å². The molecule has 1 saturated carbocycles. The number of morpholine rings is 1. The molecule has 3 aromatic rings. The van der Waals surface area contributed by atoms with Gasteiger partial charge in [-0.1, -0.05) is 0 Å². The van der Waals surface area contributed by atoms with Gasteiger partial charge in [-0.2, -0.15) is 0 Å². The van der Waals surface area contributed by atoms with Crippen molar-refractivity contribution in [2.24, 2.45) is 0 Å². The Bertz CT molecular complexity index is 1610. The normalized spacial score (nSPS) is 23.5. The maximum absolute atomic E-state index is 12.9. The van der Waals surface area contributed by atoms with Crippen LogP contribution >= 0.6 is 0 Å². The highest BCUT2D eigenvalue weighted by Gasteiger charge is 2.46. The van der Waals surface area contributed by atoms with E-state index >= 15 is 0 Å². The molecular weight excluding hydrogens is 568 g/mol. The first-order valence-electron chi connectivity index (χ1n) is 15.3. The maximum atomic E-state index is 12.9. The summed E-state index contributed by atoms with van der Waals surface area (Å²) in [6, 6.07) is 12.7. The van der Waals surface area contributed by atoms with Gasteiger partial charge in [0.25, 0.3) is 11.5 Å². The first-order chi connectivity index (χ1) is 21.5. The predicted molar refractivity (Wildman–Crippen MR) is 162 cm³/mol. The van der Waals surface area contributed by atoms with Gasteiger partial charge in [-0.15, -0.1) is 0 Å². The number of nitrogens with one attached hydrogen (secondary N) is 2. The van der Waals surface area contributed by atoms with Crippen LogP contribution in [0.1, 0.15) is 19.3 Å². The Balaban J connectivity index is 0.956. The molecule has 232 valence electrons. The molecule has 2 aromatic heterocycles. The van der Waals surface area contributed by atoms with Crippen LogP contribution in [-0.2, 0) is 20.8 Å². The molecule has 2 N–H and O–H groups in total. The molecule has 1 aliphatic carbocycles. The zero-order valence-electron chi connectivity index (χ0n) is 24.4. The van der Waals surface area contributed by atoms with E-state index in [-0.39, 0.29) is 36.3 Å². The molecule has 13 nitrogen and oxygen atoms in total. The summed E-state index contributed by atoms with van der Waals surface area (Å²) in [6.07, 6.45) is 1.50. The maximum Gasteiger partial charge on any atom is 0.416 e. The van der Waals surface area contributed by atoms with Crippen molar-refractivity contribution in [3.05, 3.63) is 52.8 Å². The Hall–Kier alpha value is -4.20. The summed E-state index contributed by atoms with van der Waals surface area (Å²) in [6.45, 7) is 5.78. The number of nitrogens with zero attached hydrogens (tertiary/aromatic N) is 4. The van der Waals surface area contributed by atoms with E-state index in [4.69, 9.17) is 18.9 Å². The van der Waals surface area contributed by atoms with Crippen LogP contribution in [0.2, 0.25) is 0 Å².